The Labute approximate surface area is 127 Å². The normalized spacial score (nSPS) is 31.4. The molecule has 21 heavy (non-hydrogen) atoms. The molecule has 5 nitrogen and oxygen atoms in total. The van der Waals surface area contributed by atoms with E-state index in [1.165, 1.54) is 0 Å². The lowest BCUT2D eigenvalue weighted by Crippen LogP contribution is -2.57. The van der Waals surface area contributed by atoms with Crippen LogP contribution in [0.4, 0.5) is 0 Å². The van der Waals surface area contributed by atoms with Crippen molar-refractivity contribution in [1.82, 2.24) is 4.90 Å². The first kappa shape index (κ1) is 16.7. The Morgan fingerprint density at radius 3 is 2.62 bits per heavy atom. The van der Waals surface area contributed by atoms with Gasteiger partial charge in [0.25, 0.3) is 0 Å². The topological polar surface area (TPSA) is 51.3 Å². The fourth-order valence-electron chi connectivity index (χ4n) is 2.98. The maximum absolute atomic E-state index is 12.2. The molecule has 3 atom stereocenters. The minimum atomic E-state index is -0.606. The predicted molar refractivity (Wildman–Crippen MR) is 80.0 cm³/mol. The van der Waals surface area contributed by atoms with Crippen molar-refractivity contribution in [1.29, 1.82) is 0 Å². The van der Waals surface area contributed by atoms with Crippen molar-refractivity contribution >= 4 is 5.91 Å². The van der Waals surface area contributed by atoms with Gasteiger partial charge in [-0.25, -0.2) is 0 Å². The van der Waals surface area contributed by atoms with Crippen LogP contribution in [-0.2, 0) is 19.0 Å². The zero-order valence-electron chi connectivity index (χ0n) is 13.6. The van der Waals surface area contributed by atoms with E-state index in [2.05, 4.69) is 13.8 Å². The number of likely N-dealkylation sites (tertiary alicyclic amines) is 1. The van der Waals surface area contributed by atoms with E-state index in [4.69, 9.17) is 14.2 Å². The molecular formula is C16H29NO4. The van der Waals surface area contributed by atoms with Crippen molar-refractivity contribution in [2.24, 2.45) is 0 Å². The van der Waals surface area contributed by atoms with Crippen LogP contribution < -0.4 is 0 Å². The molecule has 0 aromatic rings. The van der Waals surface area contributed by atoms with E-state index in [1.807, 2.05) is 11.8 Å². The van der Waals surface area contributed by atoms with Crippen LogP contribution in [0.25, 0.3) is 0 Å². The number of carbonyl (C=O) groups is 1. The number of piperidine rings is 1. The Morgan fingerprint density at radius 1 is 1.24 bits per heavy atom. The van der Waals surface area contributed by atoms with Crippen molar-refractivity contribution in [3.63, 3.8) is 0 Å². The minimum absolute atomic E-state index is 0.0792. The summed E-state index contributed by atoms with van der Waals surface area (Å²) in [4.78, 5) is 14.0. The van der Waals surface area contributed by atoms with Crippen LogP contribution in [-0.4, -0.2) is 55.1 Å². The molecule has 1 amide bonds. The summed E-state index contributed by atoms with van der Waals surface area (Å²) >= 11 is 0. The van der Waals surface area contributed by atoms with Gasteiger partial charge in [0, 0.05) is 13.2 Å². The van der Waals surface area contributed by atoms with Crippen molar-refractivity contribution < 1.29 is 19.0 Å². The van der Waals surface area contributed by atoms with Crippen LogP contribution >= 0.6 is 0 Å². The second kappa shape index (κ2) is 7.56. The van der Waals surface area contributed by atoms with Gasteiger partial charge in [-0.2, -0.15) is 0 Å². The number of amides is 1. The van der Waals surface area contributed by atoms with Gasteiger partial charge in [-0.15, -0.1) is 0 Å². The van der Waals surface area contributed by atoms with Gasteiger partial charge in [0.2, 0.25) is 11.7 Å². The minimum Gasteiger partial charge on any atom is -0.379 e. The van der Waals surface area contributed by atoms with E-state index in [0.29, 0.717) is 26.2 Å². The highest BCUT2D eigenvalue weighted by atomic mass is 16.8. The van der Waals surface area contributed by atoms with Crippen molar-refractivity contribution in [2.75, 3.05) is 26.4 Å². The van der Waals surface area contributed by atoms with Crippen LogP contribution in [0.15, 0.2) is 0 Å². The van der Waals surface area contributed by atoms with Crippen molar-refractivity contribution in [3.05, 3.63) is 0 Å². The fourth-order valence-corrected chi connectivity index (χ4v) is 2.98. The average molecular weight is 299 g/mol. The van der Waals surface area contributed by atoms with Gasteiger partial charge in [-0.1, -0.05) is 26.7 Å². The number of fused-ring (bicyclic) bond motifs is 1. The van der Waals surface area contributed by atoms with Gasteiger partial charge in [0.05, 0.1) is 19.6 Å². The molecule has 2 rings (SSSR count). The molecule has 0 bridgehead atoms. The zero-order chi connectivity index (χ0) is 15.3. The first-order valence-electron chi connectivity index (χ1n) is 8.38. The van der Waals surface area contributed by atoms with Crippen LogP contribution in [0.5, 0.6) is 0 Å². The summed E-state index contributed by atoms with van der Waals surface area (Å²) in [5.41, 5.74) is 0. The molecule has 0 aromatic heterocycles. The number of rotatable bonds is 10. The third-order valence-corrected chi connectivity index (χ3v) is 4.32. The average Bonchev–Trinajstić information content (AvgIpc) is 3.17. The second-order valence-corrected chi connectivity index (χ2v) is 5.86. The quantitative estimate of drug-likeness (QED) is 0.459. The highest BCUT2D eigenvalue weighted by molar-refractivity contribution is 5.79. The molecule has 0 saturated carbocycles. The lowest BCUT2D eigenvalue weighted by molar-refractivity contribution is -0.156. The second-order valence-electron chi connectivity index (χ2n) is 5.86. The van der Waals surface area contributed by atoms with E-state index in [-0.39, 0.29) is 18.1 Å². The molecule has 0 spiro atoms. The summed E-state index contributed by atoms with van der Waals surface area (Å²) in [7, 11) is 0. The molecular weight excluding hydrogens is 270 g/mol. The molecule has 2 aliphatic rings. The van der Waals surface area contributed by atoms with Crippen molar-refractivity contribution in [2.45, 2.75) is 70.8 Å². The highest BCUT2D eigenvalue weighted by Gasteiger charge is 2.68. The highest BCUT2D eigenvalue weighted by Crippen LogP contribution is 2.48. The molecule has 2 aliphatic heterocycles. The first-order chi connectivity index (χ1) is 10.2. The maximum atomic E-state index is 12.2. The molecule has 2 heterocycles. The lowest BCUT2D eigenvalue weighted by atomic mass is 9.98. The van der Waals surface area contributed by atoms with E-state index in [9.17, 15) is 4.79 Å². The Hall–Kier alpha value is -0.650. The van der Waals surface area contributed by atoms with Gasteiger partial charge < -0.3 is 19.1 Å². The van der Waals surface area contributed by atoms with Gasteiger partial charge >= 0.3 is 0 Å². The lowest BCUT2D eigenvalue weighted by Gasteiger charge is -2.37. The summed E-state index contributed by atoms with van der Waals surface area (Å²) in [6, 6.07) is -0.109. The van der Waals surface area contributed by atoms with Crippen molar-refractivity contribution in [3.8, 4) is 0 Å². The van der Waals surface area contributed by atoms with Crippen LogP contribution in [0.3, 0.4) is 0 Å². The number of epoxide rings is 1. The largest absolute Gasteiger partial charge is 0.379 e. The zero-order valence-corrected chi connectivity index (χ0v) is 13.6. The molecule has 2 fully saturated rings. The third kappa shape index (κ3) is 3.58. The Kier molecular flexibility index (Phi) is 6.02. The summed E-state index contributed by atoms with van der Waals surface area (Å²) in [5.74, 6) is -0.454. The summed E-state index contributed by atoms with van der Waals surface area (Å²) in [6.07, 6.45) is 4.62. The Morgan fingerprint density at radius 2 is 1.95 bits per heavy atom. The Bertz CT molecular complexity index is 349. The third-order valence-electron chi connectivity index (χ3n) is 4.32. The summed E-state index contributed by atoms with van der Waals surface area (Å²) in [5, 5.41) is 0. The van der Waals surface area contributed by atoms with E-state index < -0.39 is 5.79 Å². The number of carbonyl (C=O) groups excluding carboxylic acids is 1. The molecule has 0 aromatic carbocycles. The first-order valence-corrected chi connectivity index (χ1v) is 8.38. The Balaban J connectivity index is 1.98. The number of hydrogen-bond acceptors (Lipinski definition) is 4. The standard InChI is InChI=1S/C16H29NO4/c1-4-7-9-19-12-13-16(20-10-8-5-2)14(21-16)11-15(18)17(13)6-3/h13-14H,4-12H2,1-3H3. The summed E-state index contributed by atoms with van der Waals surface area (Å²) < 4.78 is 17.6. The van der Waals surface area contributed by atoms with Gasteiger partial charge in [0.15, 0.2) is 0 Å². The van der Waals surface area contributed by atoms with Gasteiger partial charge in [-0.05, 0) is 19.8 Å². The predicted octanol–water partition coefficient (Wildman–Crippen LogP) is 2.34. The molecule has 0 radical (unpaired) electrons. The molecule has 2 saturated heterocycles. The molecule has 3 unspecified atom stereocenters. The SMILES string of the molecule is CCCCOCC1N(CC)C(=O)CC2OC21OCCCC. The van der Waals surface area contributed by atoms with Crippen LogP contribution in [0.1, 0.15) is 52.9 Å². The summed E-state index contributed by atoms with van der Waals surface area (Å²) in [6.45, 7) is 8.87. The molecule has 122 valence electrons. The van der Waals surface area contributed by atoms with Gasteiger partial charge in [0.1, 0.15) is 12.1 Å². The van der Waals surface area contributed by atoms with Crippen LogP contribution in [0.2, 0.25) is 0 Å². The molecule has 0 N–H and O–H groups in total. The number of ether oxygens (including phenoxy) is 3. The molecule has 5 heteroatoms. The van der Waals surface area contributed by atoms with Gasteiger partial charge in [-0.3, -0.25) is 4.79 Å². The number of hydrogen-bond donors (Lipinski definition) is 0. The maximum Gasteiger partial charge on any atom is 0.225 e. The number of nitrogens with zero attached hydrogens (tertiary/aromatic N) is 1. The number of unbranched alkanes of at least 4 members (excludes halogenated alkanes) is 2. The van der Waals surface area contributed by atoms with E-state index in [0.717, 1.165) is 32.3 Å². The van der Waals surface area contributed by atoms with E-state index in [1.54, 1.807) is 0 Å². The van der Waals surface area contributed by atoms with E-state index >= 15 is 0 Å². The molecule has 0 aliphatic carbocycles. The number of likely N-dealkylation sites (N-methyl/N-ethyl adjacent to an activating group) is 1. The monoisotopic (exact) mass is 299 g/mol. The fraction of sp³-hybridized carbons (Fsp3) is 0.938. The van der Waals surface area contributed by atoms with Crippen LogP contribution in [0, 0.1) is 0 Å². The smallest absolute Gasteiger partial charge is 0.225 e.